The van der Waals surface area contributed by atoms with E-state index in [0.29, 0.717) is 6.54 Å². The summed E-state index contributed by atoms with van der Waals surface area (Å²) in [5.41, 5.74) is 0.928. The first-order valence-corrected chi connectivity index (χ1v) is 8.77. The van der Waals surface area contributed by atoms with Gasteiger partial charge in [0.25, 0.3) is 0 Å². The largest absolute Gasteiger partial charge is 0.496 e. The van der Waals surface area contributed by atoms with E-state index in [2.05, 4.69) is 5.32 Å². The maximum atomic E-state index is 12.3. The molecule has 0 aromatic heterocycles. The molecule has 1 aliphatic carbocycles. The van der Waals surface area contributed by atoms with Gasteiger partial charge in [-0.25, -0.2) is 0 Å². The predicted molar refractivity (Wildman–Crippen MR) is 93.7 cm³/mol. The third kappa shape index (κ3) is 5.25. The monoisotopic (exact) mass is 332 g/mol. The van der Waals surface area contributed by atoms with Crippen LogP contribution in [0.3, 0.4) is 0 Å². The van der Waals surface area contributed by atoms with Crippen LogP contribution in [0.15, 0.2) is 24.3 Å². The predicted octanol–water partition coefficient (Wildman–Crippen LogP) is 2.88. The number of hydrogen-bond acceptors (Lipinski definition) is 3. The molecule has 2 amide bonds. The lowest BCUT2D eigenvalue weighted by Gasteiger charge is -2.29. The first kappa shape index (κ1) is 18.3. The fraction of sp³-hybridized carbons (Fsp3) is 0.579. The van der Waals surface area contributed by atoms with E-state index in [0.717, 1.165) is 37.0 Å². The molecule has 5 nitrogen and oxygen atoms in total. The molecule has 132 valence electrons. The van der Waals surface area contributed by atoms with Crippen molar-refractivity contribution in [1.29, 1.82) is 0 Å². The van der Waals surface area contributed by atoms with Gasteiger partial charge in [0.2, 0.25) is 11.8 Å². The summed E-state index contributed by atoms with van der Waals surface area (Å²) in [6, 6.07) is 7.80. The van der Waals surface area contributed by atoms with Crippen LogP contribution in [0.5, 0.6) is 5.75 Å². The van der Waals surface area contributed by atoms with Gasteiger partial charge in [0.1, 0.15) is 5.75 Å². The molecule has 1 aromatic carbocycles. The van der Waals surface area contributed by atoms with Gasteiger partial charge in [-0.2, -0.15) is 0 Å². The quantitative estimate of drug-likeness (QED) is 0.815. The van der Waals surface area contributed by atoms with E-state index < -0.39 is 0 Å². The van der Waals surface area contributed by atoms with Crippen molar-refractivity contribution in [3.63, 3.8) is 0 Å². The number of nitrogens with one attached hydrogen (secondary N) is 1. The highest BCUT2D eigenvalue weighted by molar-refractivity contribution is 5.84. The van der Waals surface area contributed by atoms with Crippen molar-refractivity contribution in [2.45, 2.75) is 58.0 Å². The summed E-state index contributed by atoms with van der Waals surface area (Å²) >= 11 is 0. The number of rotatable bonds is 6. The second-order valence-corrected chi connectivity index (χ2v) is 6.38. The van der Waals surface area contributed by atoms with Gasteiger partial charge in [-0.05, 0) is 18.9 Å². The van der Waals surface area contributed by atoms with Gasteiger partial charge in [0, 0.05) is 25.1 Å². The first-order chi connectivity index (χ1) is 11.6. The zero-order valence-corrected chi connectivity index (χ0v) is 14.7. The standard InChI is InChI=1S/C19H28N2O3/c1-15(22)21(17-10-5-3-4-6-11-17)14-19(23)20-13-16-9-7-8-12-18(16)24-2/h7-9,12,17H,3-6,10-11,13-14H2,1-2H3,(H,20,23). The lowest BCUT2D eigenvalue weighted by molar-refractivity contribution is -0.136. The van der Waals surface area contributed by atoms with E-state index >= 15 is 0 Å². The fourth-order valence-electron chi connectivity index (χ4n) is 3.32. The molecule has 2 rings (SSSR count). The van der Waals surface area contributed by atoms with Crippen LogP contribution in [0.25, 0.3) is 0 Å². The van der Waals surface area contributed by atoms with Gasteiger partial charge in [-0.1, -0.05) is 43.9 Å². The Morgan fingerprint density at radius 3 is 2.46 bits per heavy atom. The van der Waals surface area contributed by atoms with E-state index in [4.69, 9.17) is 4.74 Å². The average molecular weight is 332 g/mol. The fourth-order valence-corrected chi connectivity index (χ4v) is 3.32. The summed E-state index contributed by atoms with van der Waals surface area (Å²) in [6.45, 7) is 2.09. The lowest BCUT2D eigenvalue weighted by atomic mass is 10.1. The number of amides is 2. The Kier molecular flexibility index (Phi) is 7.09. The van der Waals surface area contributed by atoms with Gasteiger partial charge in [-0.3, -0.25) is 9.59 Å². The van der Waals surface area contributed by atoms with Crippen molar-refractivity contribution >= 4 is 11.8 Å². The zero-order chi connectivity index (χ0) is 17.4. The van der Waals surface area contributed by atoms with Crippen molar-refractivity contribution in [3.8, 4) is 5.75 Å². The van der Waals surface area contributed by atoms with E-state index in [-0.39, 0.29) is 24.4 Å². The minimum absolute atomic E-state index is 0.0191. The molecule has 0 saturated heterocycles. The molecule has 0 atom stereocenters. The van der Waals surface area contributed by atoms with Crippen molar-refractivity contribution < 1.29 is 14.3 Å². The van der Waals surface area contributed by atoms with Crippen LogP contribution in [-0.2, 0) is 16.1 Å². The number of hydrogen-bond donors (Lipinski definition) is 1. The molecule has 0 aliphatic heterocycles. The van der Waals surface area contributed by atoms with Gasteiger partial charge in [-0.15, -0.1) is 0 Å². The molecule has 0 unspecified atom stereocenters. The lowest BCUT2D eigenvalue weighted by Crippen LogP contribution is -2.45. The van der Waals surface area contributed by atoms with E-state index in [1.54, 1.807) is 18.9 Å². The van der Waals surface area contributed by atoms with Crippen LogP contribution >= 0.6 is 0 Å². The van der Waals surface area contributed by atoms with Crippen LogP contribution in [0, 0.1) is 0 Å². The highest BCUT2D eigenvalue weighted by atomic mass is 16.5. The topological polar surface area (TPSA) is 58.6 Å². The van der Waals surface area contributed by atoms with Crippen LogP contribution in [-0.4, -0.2) is 36.4 Å². The summed E-state index contributed by atoms with van der Waals surface area (Å²) in [6.07, 6.45) is 6.72. The summed E-state index contributed by atoms with van der Waals surface area (Å²) < 4.78 is 5.29. The molecule has 5 heteroatoms. The Balaban J connectivity index is 1.91. The minimum Gasteiger partial charge on any atom is -0.496 e. The van der Waals surface area contributed by atoms with Crippen molar-refractivity contribution in [2.75, 3.05) is 13.7 Å². The second kappa shape index (κ2) is 9.30. The SMILES string of the molecule is COc1ccccc1CNC(=O)CN(C(C)=O)C1CCCCCC1. The molecule has 1 aromatic rings. The summed E-state index contributed by atoms with van der Waals surface area (Å²) in [5, 5.41) is 2.90. The molecular weight excluding hydrogens is 304 g/mol. The number of carbonyl (C=O) groups is 2. The molecular formula is C19H28N2O3. The van der Waals surface area contributed by atoms with E-state index in [9.17, 15) is 9.59 Å². The smallest absolute Gasteiger partial charge is 0.239 e. The molecule has 1 fully saturated rings. The van der Waals surface area contributed by atoms with E-state index in [1.165, 1.54) is 12.8 Å². The van der Waals surface area contributed by atoms with Crippen molar-refractivity contribution in [1.82, 2.24) is 10.2 Å². The van der Waals surface area contributed by atoms with Crippen molar-refractivity contribution in [3.05, 3.63) is 29.8 Å². The molecule has 1 aliphatic rings. The summed E-state index contributed by atoms with van der Waals surface area (Å²) in [5.74, 6) is 0.611. The number of methoxy groups -OCH3 is 1. The van der Waals surface area contributed by atoms with Gasteiger partial charge >= 0.3 is 0 Å². The zero-order valence-electron chi connectivity index (χ0n) is 14.7. The molecule has 0 spiro atoms. The Morgan fingerprint density at radius 2 is 1.83 bits per heavy atom. The highest BCUT2D eigenvalue weighted by Gasteiger charge is 2.24. The molecule has 0 bridgehead atoms. The highest BCUT2D eigenvalue weighted by Crippen LogP contribution is 2.22. The minimum atomic E-state index is -0.125. The Morgan fingerprint density at radius 1 is 1.17 bits per heavy atom. The first-order valence-electron chi connectivity index (χ1n) is 8.77. The second-order valence-electron chi connectivity index (χ2n) is 6.38. The number of benzene rings is 1. The molecule has 1 saturated carbocycles. The average Bonchev–Trinajstić information content (AvgIpc) is 2.87. The molecule has 0 heterocycles. The molecule has 1 N–H and O–H groups in total. The van der Waals surface area contributed by atoms with Crippen LogP contribution < -0.4 is 10.1 Å². The summed E-state index contributed by atoms with van der Waals surface area (Å²) in [7, 11) is 1.62. The molecule has 24 heavy (non-hydrogen) atoms. The Hall–Kier alpha value is -2.04. The Bertz CT molecular complexity index is 551. The number of carbonyl (C=O) groups excluding carboxylic acids is 2. The van der Waals surface area contributed by atoms with Crippen LogP contribution in [0.4, 0.5) is 0 Å². The van der Waals surface area contributed by atoms with Gasteiger partial charge in [0.15, 0.2) is 0 Å². The normalized spacial score (nSPS) is 15.4. The number of ether oxygens (including phenoxy) is 1. The van der Waals surface area contributed by atoms with Gasteiger partial charge < -0.3 is 15.0 Å². The maximum absolute atomic E-state index is 12.3. The van der Waals surface area contributed by atoms with Gasteiger partial charge in [0.05, 0.1) is 13.7 Å². The van der Waals surface area contributed by atoms with Crippen LogP contribution in [0.1, 0.15) is 51.0 Å². The Labute approximate surface area is 144 Å². The number of para-hydroxylation sites is 1. The summed E-state index contributed by atoms with van der Waals surface area (Å²) in [4.78, 5) is 26.0. The number of nitrogens with zero attached hydrogens (tertiary/aromatic N) is 1. The van der Waals surface area contributed by atoms with Crippen molar-refractivity contribution in [2.24, 2.45) is 0 Å². The third-order valence-corrected chi connectivity index (χ3v) is 4.65. The maximum Gasteiger partial charge on any atom is 0.239 e. The molecule has 0 radical (unpaired) electrons. The van der Waals surface area contributed by atoms with Crippen LogP contribution in [0.2, 0.25) is 0 Å². The third-order valence-electron chi connectivity index (χ3n) is 4.65. The van der Waals surface area contributed by atoms with E-state index in [1.807, 2.05) is 24.3 Å².